The predicted octanol–water partition coefficient (Wildman–Crippen LogP) is 1.79. The SMILES string of the molecule is CCCN(CCCOc1ccc(C#N)cc1)CC(=O)NC. The van der Waals surface area contributed by atoms with Gasteiger partial charge in [-0.05, 0) is 43.7 Å². The van der Waals surface area contributed by atoms with E-state index in [0.29, 0.717) is 18.7 Å². The summed E-state index contributed by atoms with van der Waals surface area (Å²) in [7, 11) is 1.65. The maximum atomic E-state index is 11.4. The number of amides is 1. The molecule has 0 bridgehead atoms. The van der Waals surface area contributed by atoms with Crippen molar-refractivity contribution < 1.29 is 9.53 Å². The second-order valence-corrected chi connectivity index (χ2v) is 4.79. The van der Waals surface area contributed by atoms with E-state index >= 15 is 0 Å². The van der Waals surface area contributed by atoms with Gasteiger partial charge in [-0.3, -0.25) is 9.69 Å². The Balaban J connectivity index is 2.29. The molecule has 0 aromatic heterocycles. The van der Waals surface area contributed by atoms with Crippen molar-refractivity contribution in [1.29, 1.82) is 5.26 Å². The van der Waals surface area contributed by atoms with Crippen molar-refractivity contribution in [3.8, 4) is 11.8 Å². The van der Waals surface area contributed by atoms with Crippen LogP contribution in [-0.2, 0) is 4.79 Å². The number of nitrogens with one attached hydrogen (secondary N) is 1. The summed E-state index contributed by atoms with van der Waals surface area (Å²) in [6.07, 6.45) is 1.88. The van der Waals surface area contributed by atoms with Gasteiger partial charge in [-0.25, -0.2) is 0 Å². The summed E-state index contributed by atoms with van der Waals surface area (Å²) >= 11 is 0. The number of ether oxygens (including phenoxy) is 1. The maximum Gasteiger partial charge on any atom is 0.233 e. The molecule has 0 fully saturated rings. The van der Waals surface area contributed by atoms with E-state index in [1.165, 1.54) is 0 Å². The quantitative estimate of drug-likeness (QED) is 0.704. The molecule has 0 aliphatic carbocycles. The highest BCUT2D eigenvalue weighted by Gasteiger charge is 2.08. The zero-order chi connectivity index (χ0) is 15.5. The van der Waals surface area contributed by atoms with Crippen LogP contribution in [0.25, 0.3) is 0 Å². The van der Waals surface area contributed by atoms with Gasteiger partial charge in [0.1, 0.15) is 5.75 Å². The van der Waals surface area contributed by atoms with Crippen LogP contribution in [-0.4, -0.2) is 44.1 Å². The van der Waals surface area contributed by atoms with E-state index in [1.54, 1.807) is 31.3 Å². The number of carbonyl (C=O) groups excluding carboxylic acids is 1. The van der Waals surface area contributed by atoms with Crippen LogP contribution in [0.2, 0.25) is 0 Å². The first-order valence-corrected chi connectivity index (χ1v) is 7.25. The first-order chi connectivity index (χ1) is 10.2. The number of hydrogen-bond acceptors (Lipinski definition) is 4. The average Bonchev–Trinajstić information content (AvgIpc) is 2.52. The second kappa shape index (κ2) is 9.78. The topological polar surface area (TPSA) is 65.4 Å². The van der Waals surface area contributed by atoms with Gasteiger partial charge in [-0.1, -0.05) is 6.92 Å². The van der Waals surface area contributed by atoms with Gasteiger partial charge in [0.15, 0.2) is 0 Å². The molecule has 1 aromatic rings. The van der Waals surface area contributed by atoms with Gasteiger partial charge in [0.2, 0.25) is 5.91 Å². The number of likely N-dealkylation sites (N-methyl/N-ethyl adjacent to an activating group) is 1. The van der Waals surface area contributed by atoms with Crippen LogP contribution in [0.5, 0.6) is 5.75 Å². The molecule has 1 N–H and O–H groups in total. The van der Waals surface area contributed by atoms with E-state index in [9.17, 15) is 4.79 Å². The van der Waals surface area contributed by atoms with Crippen molar-refractivity contribution in [2.24, 2.45) is 0 Å². The highest BCUT2D eigenvalue weighted by Crippen LogP contribution is 2.11. The highest BCUT2D eigenvalue weighted by molar-refractivity contribution is 5.77. The zero-order valence-corrected chi connectivity index (χ0v) is 12.8. The van der Waals surface area contributed by atoms with Crippen molar-refractivity contribution in [3.05, 3.63) is 29.8 Å². The molecule has 0 atom stereocenters. The van der Waals surface area contributed by atoms with E-state index in [-0.39, 0.29) is 5.91 Å². The van der Waals surface area contributed by atoms with Crippen molar-refractivity contribution >= 4 is 5.91 Å². The molecule has 114 valence electrons. The fraction of sp³-hybridized carbons (Fsp3) is 0.500. The van der Waals surface area contributed by atoms with Gasteiger partial charge in [0, 0.05) is 13.6 Å². The molecular formula is C16H23N3O2. The second-order valence-electron chi connectivity index (χ2n) is 4.79. The summed E-state index contributed by atoms with van der Waals surface area (Å²) in [6, 6.07) is 9.15. The fourth-order valence-corrected chi connectivity index (χ4v) is 1.97. The van der Waals surface area contributed by atoms with Gasteiger partial charge in [0.25, 0.3) is 0 Å². The molecule has 0 heterocycles. The summed E-state index contributed by atoms with van der Waals surface area (Å²) in [5, 5.41) is 11.4. The Morgan fingerprint density at radius 1 is 1.33 bits per heavy atom. The van der Waals surface area contributed by atoms with Crippen LogP contribution in [0, 0.1) is 11.3 Å². The molecule has 0 aliphatic heterocycles. The van der Waals surface area contributed by atoms with Crippen LogP contribution >= 0.6 is 0 Å². The van der Waals surface area contributed by atoms with Crippen LogP contribution in [0.15, 0.2) is 24.3 Å². The number of hydrogen-bond donors (Lipinski definition) is 1. The van der Waals surface area contributed by atoms with Gasteiger partial charge in [-0.15, -0.1) is 0 Å². The van der Waals surface area contributed by atoms with E-state index in [1.807, 2.05) is 0 Å². The first kappa shape index (κ1) is 17.0. The Morgan fingerprint density at radius 2 is 2.05 bits per heavy atom. The largest absolute Gasteiger partial charge is 0.494 e. The Bertz CT molecular complexity index is 465. The zero-order valence-electron chi connectivity index (χ0n) is 12.8. The van der Waals surface area contributed by atoms with Crippen molar-refractivity contribution in [2.75, 3.05) is 33.3 Å². The Morgan fingerprint density at radius 3 is 2.62 bits per heavy atom. The van der Waals surface area contributed by atoms with E-state index in [0.717, 1.165) is 31.7 Å². The molecule has 0 radical (unpaired) electrons. The Kier molecular flexibility index (Phi) is 7.92. The third kappa shape index (κ3) is 6.77. The van der Waals surface area contributed by atoms with Crippen LogP contribution < -0.4 is 10.1 Å². The molecule has 1 aromatic carbocycles. The first-order valence-electron chi connectivity index (χ1n) is 7.25. The molecule has 1 rings (SSSR count). The van der Waals surface area contributed by atoms with Crippen molar-refractivity contribution in [2.45, 2.75) is 19.8 Å². The standard InChI is InChI=1S/C16H23N3O2/c1-3-9-19(13-16(20)18-2)10-4-11-21-15-7-5-14(12-17)6-8-15/h5-8H,3-4,9-11,13H2,1-2H3,(H,18,20). The third-order valence-corrected chi connectivity index (χ3v) is 3.06. The summed E-state index contributed by atoms with van der Waals surface area (Å²) < 4.78 is 5.63. The summed E-state index contributed by atoms with van der Waals surface area (Å²) in [5.74, 6) is 0.804. The normalized spacial score (nSPS) is 10.2. The number of rotatable bonds is 9. The van der Waals surface area contributed by atoms with Gasteiger partial charge in [-0.2, -0.15) is 5.26 Å². The molecule has 0 saturated heterocycles. The molecule has 21 heavy (non-hydrogen) atoms. The molecule has 0 saturated carbocycles. The number of carbonyl (C=O) groups is 1. The summed E-state index contributed by atoms with van der Waals surface area (Å²) in [5.41, 5.74) is 0.627. The lowest BCUT2D eigenvalue weighted by molar-refractivity contribution is -0.121. The lowest BCUT2D eigenvalue weighted by Gasteiger charge is -2.20. The Labute approximate surface area is 126 Å². The van der Waals surface area contributed by atoms with Crippen LogP contribution in [0.1, 0.15) is 25.3 Å². The lowest BCUT2D eigenvalue weighted by atomic mass is 10.2. The fourth-order valence-electron chi connectivity index (χ4n) is 1.97. The number of nitriles is 1. The smallest absolute Gasteiger partial charge is 0.233 e. The minimum atomic E-state index is 0.0384. The van der Waals surface area contributed by atoms with Crippen LogP contribution in [0.4, 0.5) is 0 Å². The van der Waals surface area contributed by atoms with Gasteiger partial charge < -0.3 is 10.1 Å². The van der Waals surface area contributed by atoms with E-state index < -0.39 is 0 Å². The maximum absolute atomic E-state index is 11.4. The van der Waals surface area contributed by atoms with Crippen molar-refractivity contribution in [3.63, 3.8) is 0 Å². The average molecular weight is 289 g/mol. The summed E-state index contributed by atoms with van der Waals surface area (Å²) in [6.45, 7) is 4.87. The van der Waals surface area contributed by atoms with E-state index in [4.69, 9.17) is 10.00 Å². The molecular weight excluding hydrogens is 266 g/mol. The molecule has 5 heteroatoms. The van der Waals surface area contributed by atoms with Gasteiger partial charge in [0.05, 0.1) is 24.8 Å². The summed E-state index contributed by atoms with van der Waals surface area (Å²) in [4.78, 5) is 13.5. The molecule has 0 spiro atoms. The predicted molar refractivity (Wildman–Crippen MR) is 82.1 cm³/mol. The van der Waals surface area contributed by atoms with E-state index in [2.05, 4.69) is 23.2 Å². The lowest BCUT2D eigenvalue weighted by Crippen LogP contribution is -2.37. The Hall–Kier alpha value is -2.06. The van der Waals surface area contributed by atoms with Crippen molar-refractivity contribution in [1.82, 2.24) is 10.2 Å². The highest BCUT2D eigenvalue weighted by atomic mass is 16.5. The molecule has 5 nitrogen and oxygen atoms in total. The number of benzene rings is 1. The minimum absolute atomic E-state index is 0.0384. The minimum Gasteiger partial charge on any atom is -0.494 e. The monoisotopic (exact) mass is 289 g/mol. The number of nitrogens with zero attached hydrogens (tertiary/aromatic N) is 2. The van der Waals surface area contributed by atoms with Crippen LogP contribution in [0.3, 0.4) is 0 Å². The molecule has 0 unspecified atom stereocenters. The van der Waals surface area contributed by atoms with Gasteiger partial charge >= 0.3 is 0 Å². The molecule has 0 aliphatic rings. The third-order valence-electron chi connectivity index (χ3n) is 3.06. The molecule has 1 amide bonds.